The summed E-state index contributed by atoms with van der Waals surface area (Å²) in [5.41, 5.74) is 5.22. The minimum atomic E-state index is -2.94. The third kappa shape index (κ3) is 8.18. The SMILES string of the molecule is CC(C)CCS(=O)(=O)CCC(N)=S. The van der Waals surface area contributed by atoms with Crippen molar-refractivity contribution in [3.63, 3.8) is 0 Å². The van der Waals surface area contributed by atoms with Crippen molar-refractivity contribution in [1.29, 1.82) is 0 Å². The smallest absolute Gasteiger partial charge is 0.150 e. The van der Waals surface area contributed by atoms with Gasteiger partial charge in [-0.05, 0) is 12.3 Å². The molecule has 0 rings (SSSR count). The van der Waals surface area contributed by atoms with Crippen LogP contribution >= 0.6 is 12.2 Å². The van der Waals surface area contributed by atoms with Gasteiger partial charge in [0.1, 0.15) is 0 Å². The molecule has 0 fully saturated rings. The Labute approximate surface area is 85.6 Å². The van der Waals surface area contributed by atoms with Crippen molar-refractivity contribution in [2.45, 2.75) is 26.7 Å². The lowest BCUT2D eigenvalue weighted by Crippen LogP contribution is -2.18. The topological polar surface area (TPSA) is 60.2 Å². The van der Waals surface area contributed by atoms with Crippen molar-refractivity contribution in [2.75, 3.05) is 11.5 Å². The van der Waals surface area contributed by atoms with Crippen LogP contribution in [0.4, 0.5) is 0 Å². The van der Waals surface area contributed by atoms with Crippen LogP contribution < -0.4 is 5.73 Å². The summed E-state index contributed by atoms with van der Waals surface area (Å²) in [4.78, 5) is 0.271. The van der Waals surface area contributed by atoms with E-state index in [-0.39, 0.29) is 16.5 Å². The van der Waals surface area contributed by atoms with E-state index in [1.807, 2.05) is 13.8 Å². The van der Waals surface area contributed by atoms with Crippen molar-refractivity contribution in [3.8, 4) is 0 Å². The summed E-state index contributed by atoms with van der Waals surface area (Å²) in [6, 6.07) is 0. The van der Waals surface area contributed by atoms with Gasteiger partial charge in [-0.2, -0.15) is 0 Å². The van der Waals surface area contributed by atoms with E-state index in [2.05, 4.69) is 12.2 Å². The standard InChI is InChI=1S/C8H17NO2S2/c1-7(2)3-5-13(10,11)6-4-8(9)12/h7H,3-6H2,1-2H3,(H2,9,12). The summed E-state index contributed by atoms with van der Waals surface area (Å²) in [6.45, 7) is 4.01. The second-order valence-corrected chi connectivity index (χ2v) is 6.38. The van der Waals surface area contributed by atoms with Crippen molar-refractivity contribution in [3.05, 3.63) is 0 Å². The zero-order chi connectivity index (χ0) is 10.5. The summed E-state index contributed by atoms with van der Waals surface area (Å²) >= 11 is 4.61. The minimum Gasteiger partial charge on any atom is -0.393 e. The first-order valence-corrected chi connectivity index (χ1v) is 6.55. The highest BCUT2D eigenvalue weighted by Crippen LogP contribution is 2.04. The van der Waals surface area contributed by atoms with Gasteiger partial charge in [0.15, 0.2) is 9.84 Å². The second-order valence-electron chi connectivity index (χ2n) is 3.55. The molecular weight excluding hydrogens is 206 g/mol. The molecule has 2 N–H and O–H groups in total. The van der Waals surface area contributed by atoms with Crippen molar-refractivity contribution in [1.82, 2.24) is 0 Å². The van der Waals surface area contributed by atoms with Crippen LogP contribution in [0.5, 0.6) is 0 Å². The highest BCUT2D eigenvalue weighted by atomic mass is 32.2. The molecule has 0 heterocycles. The Kier molecular flexibility index (Phi) is 5.48. The van der Waals surface area contributed by atoms with Crippen LogP contribution in [0.3, 0.4) is 0 Å². The van der Waals surface area contributed by atoms with Gasteiger partial charge in [0, 0.05) is 6.42 Å². The average molecular weight is 223 g/mol. The summed E-state index contributed by atoms with van der Waals surface area (Å²) in [5.74, 6) is 0.752. The zero-order valence-corrected chi connectivity index (χ0v) is 9.75. The maximum atomic E-state index is 11.3. The molecule has 0 amide bonds. The summed E-state index contributed by atoms with van der Waals surface area (Å²) in [7, 11) is -2.94. The third-order valence-electron chi connectivity index (χ3n) is 1.67. The van der Waals surface area contributed by atoms with E-state index in [0.29, 0.717) is 18.8 Å². The van der Waals surface area contributed by atoms with E-state index < -0.39 is 9.84 Å². The van der Waals surface area contributed by atoms with Gasteiger partial charge >= 0.3 is 0 Å². The van der Waals surface area contributed by atoms with E-state index in [9.17, 15) is 8.42 Å². The van der Waals surface area contributed by atoms with Gasteiger partial charge in [-0.25, -0.2) is 8.42 Å². The van der Waals surface area contributed by atoms with E-state index in [1.54, 1.807) is 0 Å². The van der Waals surface area contributed by atoms with Crippen LogP contribution in [0.1, 0.15) is 26.7 Å². The molecule has 0 aliphatic heterocycles. The summed E-state index contributed by atoms with van der Waals surface area (Å²) in [5, 5.41) is 0. The van der Waals surface area contributed by atoms with Gasteiger partial charge in [0.25, 0.3) is 0 Å². The van der Waals surface area contributed by atoms with Crippen LogP contribution in [0.2, 0.25) is 0 Å². The highest BCUT2D eigenvalue weighted by molar-refractivity contribution is 7.91. The lowest BCUT2D eigenvalue weighted by atomic mass is 10.2. The number of sulfone groups is 1. The Morgan fingerprint density at radius 2 is 1.92 bits per heavy atom. The molecule has 0 bridgehead atoms. The maximum absolute atomic E-state index is 11.3. The molecule has 0 aliphatic carbocycles. The fraction of sp³-hybridized carbons (Fsp3) is 0.875. The molecular formula is C8H17NO2S2. The lowest BCUT2D eigenvalue weighted by Gasteiger charge is -2.05. The Bertz CT molecular complexity index is 257. The monoisotopic (exact) mass is 223 g/mol. The fourth-order valence-corrected chi connectivity index (χ4v) is 2.57. The molecule has 0 saturated carbocycles. The van der Waals surface area contributed by atoms with Crippen molar-refractivity contribution < 1.29 is 8.42 Å². The predicted molar refractivity (Wildman–Crippen MR) is 59.5 cm³/mol. The minimum absolute atomic E-state index is 0.0923. The molecule has 0 aromatic heterocycles. The predicted octanol–water partition coefficient (Wildman–Crippen LogP) is 1.12. The molecule has 0 radical (unpaired) electrons. The van der Waals surface area contributed by atoms with E-state index >= 15 is 0 Å². The van der Waals surface area contributed by atoms with Crippen LogP contribution in [-0.4, -0.2) is 24.9 Å². The Morgan fingerprint density at radius 1 is 1.38 bits per heavy atom. The number of hydrogen-bond donors (Lipinski definition) is 1. The molecule has 0 spiro atoms. The number of thiocarbonyl (C=S) groups is 1. The molecule has 0 atom stereocenters. The van der Waals surface area contributed by atoms with E-state index in [1.165, 1.54) is 0 Å². The Balaban J connectivity index is 3.88. The number of rotatable bonds is 6. The largest absolute Gasteiger partial charge is 0.393 e. The van der Waals surface area contributed by atoms with Crippen LogP contribution in [-0.2, 0) is 9.84 Å². The second kappa shape index (κ2) is 5.54. The fourth-order valence-electron chi connectivity index (χ4n) is 0.773. The summed E-state index contributed by atoms with van der Waals surface area (Å²) < 4.78 is 22.6. The lowest BCUT2D eigenvalue weighted by molar-refractivity contribution is 0.574. The summed E-state index contributed by atoms with van der Waals surface area (Å²) in [6.07, 6.45) is 1.01. The normalized spacial score (nSPS) is 11.9. The van der Waals surface area contributed by atoms with Crippen LogP contribution in [0.25, 0.3) is 0 Å². The van der Waals surface area contributed by atoms with E-state index in [0.717, 1.165) is 0 Å². The first-order valence-electron chi connectivity index (χ1n) is 4.32. The molecule has 13 heavy (non-hydrogen) atoms. The molecule has 0 aromatic carbocycles. The molecule has 5 heteroatoms. The first kappa shape index (κ1) is 12.8. The number of hydrogen-bond acceptors (Lipinski definition) is 3. The van der Waals surface area contributed by atoms with Gasteiger partial charge < -0.3 is 5.73 Å². The molecule has 0 unspecified atom stereocenters. The molecule has 78 valence electrons. The third-order valence-corrected chi connectivity index (χ3v) is 3.55. The molecule has 0 saturated heterocycles. The Hall–Kier alpha value is -0.160. The highest BCUT2D eigenvalue weighted by Gasteiger charge is 2.11. The molecule has 0 aromatic rings. The maximum Gasteiger partial charge on any atom is 0.150 e. The van der Waals surface area contributed by atoms with Gasteiger partial charge in [-0.1, -0.05) is 26.1 Å². The van der Waals surface area contributed by atoms with Gasteiger partial charge in [0.2, 0.25) is 0 Å². The number of nitrogens with two attached hydrogens (primary N) is 1. The van der Waals surface area contributed by atoms with Crippen LogP contribution in [0, 0.1) is 5.92 Å². The first-order chi connectivity index (χ1) is 5.83. The average Bonchev–Trinajstić information content (AvgIpc) is 1.98. The molecule has 0 aliphatic rings. The quantitative estimate of drug-likeness (QED) is 0.686. The van der Waals surface area contributed by atoms with Gasteiger partial charge in [-0.15, -0.1) is 0 Å². The van der Waals surface area contributed by atoms with Gasteiger partial charge in [-0.3, -0.25) is 0 Å². The van der Waals surface area contributed by atoms with E-state index in [4.69, 9.17) is 5.73 Å². The molecule has 3 nitrogen and oxygen atoms in total. The Morgan fingerprint density at radius 3 is 2.31 bits per heavy atom. The van der Waals surface area contributed by atoms with Crippen molar-refractivity contribution in [2.24, 2.45) is 11.7 Å². The zero-order valence-electron chi connectivity index (χ0n) is 8.12. The van der Waals surface area contributed by atoms with Crippen LogP contribution in [0.15, 0.2) is 0 Å². The van der Waals surface area contributed by atoms with Gasteiger partial charge in [0.05, 0.1) is 16.5 Å². The van der Waals surface area contributed by atoms with Crippen molar-refractivity contribution >= 4 is 27.0 Å².